The van der Waals surface area contributed by atoms with Crippen molar-refractivity contribution in [2.24, 2.45) is 0 Å². The first-order chi connectivity index (χ1) is 13.9. The van der Waals surface area contributed by atoms with Crippen molar-refractivity contribution in [2.45, 2.75) is 13.8 Å². The lowest BCUT2D eigenvalue weighted by Crippen LogP contribution is -2.14. The fourth-order valence-electron chi connectivity index (χ4n) is 2.73. The molecule has 3 aromatic rings. The molecule has 146 valence electrons. The topological polar surface area (TPSA) is 84.5 Å². The SMILES string of the molecule is CC(=O)Oc1cccc(C(=O)Nc2ccc(NC(=O)c3ccccc3C)cc2)c1. The van der Waals surface area contributed by atoms with Gasteiger partial charge < -0.3 is 15.4 Å². The number of hydrogen-bond acceptors (Lipinski definition) is 4. The van der Waals surface area contributed by atoms with E-state index in [2.05, 4.69) is 10.6 Å². The van der Waals surface area contributed by atoms with E-state index >= 15 is 0 Å². The molecule has 0 aliphatic heterocycles. The highest BCUT2D eigenvalue weighted by atomic mass is 16.5. The molecule has 0 aliphatic rings. The average molecular weight is 388 g/mol. The molecule has 0 aliphatic carbocycles. The van der Waals surface area contributed by atoms with Crippen LogP contribution in [0.2, 0.25) is 0 Å². The van der Waals surface area contributed by atoms with Crippen molar-refractivity contribution in [3.63, 3.8) is 0 Å². The van der Waals surface area contributed by atoms with Crippen LogP contribution in [0.15, 0.2) is 72.8 Å². The highest BCUT2D eigenvalue weighted by Crippen LogP contribution is 2.18. The van der Waals surface area contributed by atoms with Gasteiger partial charge in [-0.25, -0.2) is 0 Å². The van der Waals surface area contributed by atoms with E-state index in [0.29, 0.717) is 28.3 Å². The number of carbonyl (C=O) groups excluding carboxylic acids is 3. The normalized spacial score (nSPS) is 10.1. The second-order valence-electron chi connectivity index (χ2n) is 6.42. The number of esters is 1. The number of hydrogen-bond donors (Lipinski definition) is 2. The molecule has 0 aromatic heterocycles. The summed E-state index contributed by atoms with van der Waals surface area (Å²) in [6.45, 7) is 3.18. The van der Waals surface area contributed by atoms with E-state index in [-0.39, 0.29) is 11.8 Å². The molecule has 0 fully saturated rings. The lowest BCUT2D eigenvalue weighted by atomic mass is 10.1. The molecule has 0 atom stereocenters. The predicted molar refractivity (Wildman–Crippen MR) is 111 cm³/mol. The number of benzene rings is 3. The van der Waals surface area contributed by atoms with Gasteiger partial charge in [-0.05, 0) is 61.0 Å². The van der Waals surface area contributed by atoms with E-state index in [1.54, 1.807) is 48.5 Å². The van der Waals surface area contributed by atoms with Crippen molar-refractivity contribution < 1.29 is 19.1 Å². The van der Waals surface area contributed by atoms with Gasteiger partial charge in [0.15, 0.2) is 0 Å². The minimum Gasteiger partial charge on any atom is -0.427 e. The molecule has 6 nitrogen and oxygen atoms in total. The standard InChI is InChI=1S/C23H20N2O4/c1-15-6-3-4-9-21(15)23(28)25-19-12-10-18(11-13-19)24-22(27)17-7-5-8-20(14-17)29-16(2)26/h3-14H,1-2H3,(H,24,27)(H,25,28). The van der Waals surface area contributed by atoms with Gasteiger partial charge in [-0.1, -0.05) is 24.3 Å². The van der Waals surface area contributed by atoms with Crippen LogP contribution in [0.1, 0.15) is 33.2 Å². The molecule has 2 amide bonds. The quantitative estimate of drug-likeness (QED) is 0.500. The number of ether oxygens (including phenoxy) is 1. The molecule has 6 heteroatoms. The molecule has 0 bridgehead atoms. The van der Waals surface area contributed by atoms with Gasteiger partial charge in [0.2, 0.25) is 0 Å². The van der Waals surface area contributed by atoms with Gasteiger partial charge in [0.05, 0.1) is 0 Å². The summed E-state index contributed by atoms with van der Waals surface area (Å²) in [7, 11) is 0. The Kier molecular flexibility index (Phi) is 6.04. The van der Waals surface area contributed by atoms with Crippen molar-refractivity contribution in [1.82, 2.24) is 0 Å². The number of nitrogens with one attached hydrogen (secondary N) is 2. The third-order valence-electron chi connectivity index (χ3n) is 4.15. The first-order valence-corrected chi connectivity index (χ1v) is 8.99. The molecule has 3 rings (SSSR count). The number of rotatable bonds is 5. The smallest absolute Gasteiger partial charge is 0.308 e. The zero-order chi connectivity index (χ0) is 20.8. The monoisotopic (exact) mass is 388 g/mol. The summed E-state index contributed by atoms with van der Waals surface area (Å²) in [5, 5.41) is 5.60. The maximum atomic E-state index is 12.4. The number of carbonyl (C=O) groups is 3. The highest BCUT2D eigenvalue weighted by molar-refractivity contribution is 6.06. The zero-order valence-corrected chi connectivity index (χ0v) is 16.1. The van der Waals surface area contributed by atoms with Crippen molar-refractivity contribution in [2.75, 3.05) is 10.6 Å². The Morgan fingerprint density at radius 1 is 0.759 bits per heavy atom. The number of amides is 2. The summed E-state index contributed by atoms with van der Waals surface area (Å²) >= 11 is 0. The largest absolute Gasteiger partial charge is 0.427 e. The average Bonchev–Trinajstić information content (AvgIpc) is 2.69. The summed E-state index contributed by atoms with van der Waals surface area (Å²) in [6, 6.07) is 20.5. The van der Waals surface area contributed by atoms with Crippen LogP contribution in [-0.4, -0.2) is 17.8 Å². The lowest BCUT2D eigenvalue weighted by Gasteiger charge is -2.10. The van der Waals surface area contributed by atoms with Gasteiger partial charge in [0.25, 0.3) is 11.8 Å². The second kappa shape index (κ2) is 8.84. The Morgan fingerprint density at radius 3 is 2.00 bits per heavy atom. The van der Waals surface area contributed by atoms with E-state index in [0.717, 1.165) is 5.56 Å². The van der Waals surface area contributed by atoms with Crippen LogP contribution < -0.4 is 15.4 Å². The van der Waals surface area contributed by atoms with E-state index in [1.165, 1.54) is 13.0 Å². The van der Waals surface area contributed by atoms with Crippen molar-refractivity contribution in [3.8, 4) is 5.75 Å². The molecule has 3 aromatic carbocycles. The minimum atomic E-state index is -0.453. The van der Waals surface area contributed by atoms with Crippen LogP contribution in [0.5, 0.6) is 5.75 Å². The highest BCUT2D eigenvalue weighted by Gasteiger charge is 2.10. The maximum absolute atomic E-state index is 12.4. The van der Waals surface area contributed by atoms with Gasteiger partial charge in [-0.15, -0.1) is 0 Å². The van der Waals surface area contributed by atoms with Gasteiger partial charge in [0, 0.05) is 29.4 Å². The third-order valence-corrected chi connectivity index (χ3v) is 4.15. The minimum absolute atomic E-state index is 0.192. The first-order valence-electron chi connectivity index (χ1n) is 8.99. The number of anilines is 2. The fraction of sp³-hybridized carbons (Fsp3) is 0.0870. The van der Waals surface area contributed by atoms with Crippen molar-refractivity contribution in [1.29, 1.82) is 0 Å². The Labute approximate surface area is 168 Å². The van der Waals surface area contributed by atoms with E-state index in [4.69, 9.17) is 4.74 Å². The summed E-state index contributed by atoms with van der Waals surface area (Å²) in [6.07, 6.45) is 0. The third kappa shape index (κ3) is 5.29. The van der Waals surface area contributed by atoms with Gasteiger partial charge >= 0.3 is 5.97 Å². The molecule has 0 unspecified atom stereocenters. The van der Waals surface area contributed by atoms with Crippen LogP contribution in [-0.2, 0) is 4.79 Å². The van der Waals surface area contributed by atoms with Crippen LogP contribution >= 0.6 is 0 Å². The first kappa shape index (κ1) is 19.8. The molecule has 0 spiro atoms. The predicted octanol–water partition coefficient (Wildman–Crippen LogP) is 4.42. The second-order valence-corrected chi connectivity index (χ2v) is 6.42. The van der Waals surface area contributed by atoms with Crippen LogP contribution in [0.4, 0.5) is 11.4 Å². The van der Waals surface area contributed by atoms with E-state index < -0.39 is 5.97 Å². The van der Waals surface area contributed by atoms with Crippen LogP contribution in [0.3, 0.4) is 0 Å². The van der Waals surface area contributed by atoms with Crippen LogP contribution in [0.25, 0.3) is 0 Å². The molecular weight excluding hydrogens is 368 g/mol. The van der Waals surface area contributed by atoms with E-state index in [9.17, 15) is 14.4 Å². The Morgan fingerprint density at radius 2 is 1.38 bits per heavy atom. The molecule has 2 N–H and O–H groups in total. The Bertz CT molecular complexity index is 1060. The van der Waals surface area contributed by atoms with Crippen molar-refractivity contribution >= 4 is 29.2 Å². The fourth-order valence-corrected chi connectivity index (χ4v) is 2.73. The zero-order valence-electron chi connectivity index (χ0n) is 16.1. The molecule has 0 saturated carbocycles. The van der Waals surface area contributed by atoms with Gasteiger partial charge in [0.1, 0.15) is 5.75 Å². The molecule has 0 radical (unpaired) electrons. The lowest BCUT2D eigenvalue weighted by molar-refractivity contribution is -0.131. The van der Waals surface area contributed by atoms with Gasteiger partial charge in [-0.2, -0.15) is 0 Å². The van der Waals surface area contributed by atoms with Gasteiger partial charge in [-0.3, -0.25) is 14.4 Å². The Hall–Kier alpha value is -3.93. The summed E-state index contributed by atoms with van der Waals surface area (Å²) in [5.74, 6) is -0.678. The Balaban J connectivity index is 1.65. The molecule has 0 saturated heterocycles. The molecule has 29 heavy (non-hydrogen) atoms. The van der Waals surface area contributed by atoms with E-state index in [1.807, 2.05) is 25.1 Å². The summed E-state index contributed by atoms with van der Waals surface area (Å²) in [5.41, 5.74) is 3.05. The number of aryl methyl sites for hydroxylation is 1. The summed E-state index contributed by atoms with van der Waals surface area (Å²) in [4.78, 5) is 35.8. The molecular formula is C23H20N2O4. The van der Waals surface area contributed by atoms with Crippen molar-refractivity contribution in [3.05, 3.63) is 89.5 Å². The summed E-state index contributed by atoms with van der Waals surface area (Å²) < 4.78 is 4.99. The maximum Gasteiger partial charge on any atom is 0.308 e. The van der Waals surface area contributed by atoms with Crippen LogP contribution in [0, 0.1) is 6.92 Å². The molecule has 0 heterocycles.